The van der Waals surface area contributed by atoms with Crippen LogP contribution in [0.15, 0.2) is 41.3 Å². The molecule has 21 heavy (non-hydrogen) atoms. The predicted octanol–water partition coefficient (Wildman–Crippen LogP) is 2.54. The first-order valence-corrected chi connectivity index (χ1v) is 7.65. The van der Waals surface area contributed by atoms with Gasteiger partial charge in [0.05, 0.1) is 4.90 Å². The van der Waals surface area contributed by atoms with Crippen LogP contribution in [0.4, 0.5) is 5.82 Å². The lowest BCUT2D eigenvalue weighted by molar-refractivity contribution is 0.0690. The van der Waals surface area contributed by atoms with Gasteiger partial charge in [0.25, 0.3) is 10.0 Å². The summed E-state index contributed by atoms with van der Waals surface area (Å²) >= 11 is 5.79. The number of aryl methyl sites for hydroxylation is 1. The molecule has 1 aromatic carbocycles. The Balaban J connectivity index is 2.37. The Hall–Kier alpha value is -2.12. The monoisotopic (exact) mass is 326 g/mol. The van der Waals surface area contributed by atoms with Gasteiger partial charge in [-0.05, 0) is 42.8 Å². The molecular formula is C13H11ClN2O4S. The molecule has 0 amide bonds. The van der Waals surface area contributed by atoms with E-state index in [1.165, 1.54) is 36.4 Å². The molecule has 8 heteroatoms. The van der Waals surface area contributed by atoms with Crippen LogP contribution < -0.4 is 4.72 Å². The van der Waals surface area contributed by atoms with E-state index in [4.69, 9.17) is 16.7 Å². The van der Waals surface area contributed by atoms with Crippen molar-refractivity contribution >= 4 is 33.4 Å². The van der Waals surface area contributed by atoms with Crippen LogP contribution in [0.1, 0.15) is 16.1 Å². The summed E-state index contributed by atoms with van der Waals surface area (Å²) in [5.41, 5.74) is 0.229. The molecule has 0 aliphatic rings. The average molecular weight is 327 g/mol. The van der Waals surface area contributed by atoms with Crippen molar-refractivity contribution < 1.29 is 18.3 Å². The Labute approximate surface area is 126 Å². The molecule has 0 spiro atoms. The van der Waals surface area contributed by atoms with Crippen LogP contribution in [0.3, 0.4) is 0 Å². The molecule has 0 saturated heterocycles. The van der Waals surface area contributed by atoms with Crippen molar-refractivity contribution in [2.75, 3.05) is 4.72 Å². The van der Waals surface area contributed by atoms with Gasteiger partial charge in [-0.2, -0.15) is 0 Å². The highest BCUT2D eigenvalue weighted by Crippen LogP contribution is 2.21. The molecular weight excluding hydrogens is 316 g/mol. The van der Waals surface area contributed by atoms with Gasteiger partial charge in [-0.1, -0.05) is 17.7 Å². The Morgan fingerprint density at radius 1 is 1.29 bits per heavy atom. The number of hydrogen-bond donors (Lipinski definition) is 2. The highest BCUT2D eigenvalue weighted by atomic mass is 35.5. The number of sulfonamides is 1. The van der Waals surface area contributed by atoms with Crippen molar-refractivity contribution in [3.8, 4) is 0 Å². The summed E-state index contributed by atoms with van der Waals surface area (Å²) in [5.74, 6) is -1.30. The minimum Gasteiger partial charge on any atom is -0.477 e. The smallest absolute Gasteiger partial charge is 0.354 e. The summed E-state index contributed by atoms with van der Waals surface area (Å²) in [7, 11) is -3.87. The number of carboxylic acid groups (broad SMARTS) is 1. The lowest BCUT2D eigenvalue weighted by Gasteiger charge is -2.10. The van der Waals surface area contributed by atoms with E-state index in [0.29, 0.717) is 10.6 Å². The molecule has 110 valence electrons. The minimum atomic E-state index is -3.87. The SMILES string of the molecule is Cc1cc(Cl)ccc1S(=O)(=O)Nc1cccc(C(=O)O)n1. The second kappa shape index (κ2) is 5.71. The van der Waals surface area contributed by atoms with Gasteiger partial charge in [0.2, 0.25) is 0 Å². The maximum Gasteiger partial charge on any atom is 0.354 e. The Morgan fingerprint density at radius 3 is 2.62 bits per heavy atom. The summed E-state index contributed by atoms with van der Waals surface area (Å²) in [6, 6.07) is 8.41. The molecule has 0 unspecified atom stereocenters. The first-order chi connectivity index (χ1) is 9.79. The summed E-state index contributed by atoms with van der Waals surface area (Å²) in [4.78, 5) is 14.6. The van der Waals surface area contributed by atoms with Gasteiger partial charge < -0.3 is 5.11 Å². The molecule has 0 saturated carbocycles. The third-order valence-electron chi connectivity index (χ3n) is 2.63. The summed E-state index contributed by atoms with van der Waals surface area (Å²) < 4.78 is 26.8. The van der Waals surface area contributed by atoms with E-state index in [1.54, 1.807) is 6.92 Å². The van der Waals surface area contributed by atoms with E-state index in [-0.39, 0.29) is 16.4 Å². The van der Waals surface area contributed by atoms with Crippen molar-refractivity contribution in [1.29, 1.82) is 0 Å². The van der Waals surface area contributed by atoms with Crippen LogP contribution in [0.5, 0.6) is 0 Å². The fourth-order valence-electron chi connectivity index (χ4n) is 1.72. The van der Waals surface area contributed by atoms with E-state index in [9.17, 15) is 13.2 Å². The number of carbonyl (C=O) groups is 1. The van der Waals surface area contributed by atoms with Gasteiger partial charge >= 0.3 is 5.97 Å². The molecule has 0 aliphatic carbocycles. The van der Waals surface area contributed by atoms with E-state index in [0.717, 1.165) is 0 Å². The van der Waals surface area contributed by atoms with Gasteiger partial charge in [-0.15, -0.1) is 0 Å². The van der Waals surface area contributed by atoms with Gasteiger partial charge in [0.15, 0.2) is 5.69 Å². The number of nitrogens with zero attached hydrogens (tertiary/aromatic N) is 1. The quantitative estimate of drug-likeness (QED) is 0.900. The summed E-state index contributed by atoms with van der Waals surface area (Å²) in [6.07, 6.45) is 0. The second-order valence-corrected chi connectivity index (χ2v) is 6.32. The predicted molar refractivity (Wildman–Crippen MR) is 78.2 cm³/mol. The number of aromatic nitrogens is 1. The fourth-order valence-corrected chi connectivity index (χ4v) is 3.17. The minimum absolute atomic E-state index is 0.0504. The number of nitrogens with one attached hydrogen (secondary N) is 1. The largest absolute Gasteiger partial charge is 0.477 e. The Bertz CT molecular complexity index is 806. The van der Waals surface area contributed by atoms with Crippen molar-refractivity contribution in [3.05, 3.63) is 52.7 Å². The molecule has 0 atom stereocenters. The Kier molecular flexibility index (Phi) is 4.15. The molecule has 1 heterocycles. The molecule has 2 rings (SSSR count). The maximum atomic E-state index is 12.3. The first kappa shape index (κ1) is 15.3. The van der Waals surface area contributed by atoms with Crippen LogP contribution in [-0.4, -0.2) is 24.5 Å². The molecule has 2 N–H and O–H groups in total. The van der Waals surface area contributed by atoms with Gasteiger partial charge in [-0.25, -0.2) is 18.2 Å². The Morgan fingerprint density at radius 2 is 2.00 bits per heavy atom. The number of carboxylic acids is 1. The molecule has 0 fully saturated rings. The van der Waals surface area contributed by atoms with Crippen LogP contribution in [0.25, 0.3) is 0 Å². The van der Waals surface area contributed by atoms with Crippen molar-refractivity contribution in [1.82, 2.24) is 4.98 Å². The topological polar surface area (TPSA) is 96.4 Å². The fraction of sp³-hybridized carbons (Fsp3) is 0.0769. The van der Waals surface area contributed by atoms with E-state index in [1.807, 2.05) is 0 Å². The van der Waals surface area contributed by atoms with Crippen LogP contribution in [0, 0.1) is 6.92 Å². The number of anilines is 1. The van der Waals surface area contributed by atoms with Crippen molar-refractivity contribution in [3.63, 3.8) is 0 Å². The third kappa shape index (κ3) is 3.50. The summed E-state index contributed by atoms with van der Waals surface area (Å²) in [6.45, 7) is 1.61. The maximum absolute atomic E-state index is 12.3. The second-order valence-electron chi connectivity index (χ2n) is 4.23. The highest BCUT2D eigenvalue weighted by molar-refractivity contribution is 7.92. The number of halogens is 1. The first-order valence-electron chi connectivity index (χ1n) is 5.79. The molecule has 0 aliphatic heterocycles. The number of benzene rings is 1. The van der Waals surface area contributed by atoms with E-state index < -0.39 is 16.0 Å². The lowest BCUT2D eigenvalue weighted by atomic mass is 10.2. The van der Waals surface area contributed by atoms with E-state index >= 15 is 0 Å². The van der Waals surface area contributed by atoms with Crippen LogP contribution in [0.2, 0.25) is 5.02 Å². The molecule has 6 nitrogen and oxygen atoms in total. The lowest BCUT2D eigenvalue weighted by Crippen LogP contribution is -2.16. The highest BCUT2D eigenvalue weighted by Gasteiger charge is 2.18. The number of aromatic carboxylic acids is 1. The standard InChI is InChI=1S/C13H11ClN2O4S/c1-8-7-9(14)5-6-11(8)21(19,20)16-12-4-2-3-10(15-12)13(17)18/h2-7H,1H3,(H,15,16)(H,17,18). The zero-order chi connectivity index (χ0) is 15.6. The molecule has 0 radical (unpaired) electrons. The normalized spacial score (nSPS) is 11.1. The average Bonchev–Trinajstić information content (AvgIpc) is 2.37. The van der Waals surface area contributed by atoms with Crippen molar-refractivity contribution in [2.24, 2.45) is 0 Å². The molecule has 0 bridgehead atoms. The number of rotatable bonds is 4. The van der Waals surface area contributed by atoms with Crippen molar-refractivity contribution in [2.45, 2.75) is 11.8 Å². The summed E-state index contributed by atoms with van der Waals surface area (Å²) in [5, 5.41) is 9.27. The van der Waals surface area contributed by atoms with Gasteiger partial charge in [0.1, 0.15) is 5.82 Å². The zero-order valence-electron chi connectivity index (χ0n) is 10.9. The van der Waals surface area contributed by atoms with Crippen LogP contribution in [-0.2, 0) is 10.0 Å². The molecule has 2 aromatic rings. The number of pyridine rings is 1. The number of hydrogen-bond acceptors (Lipinski definition) is 4. The van der Waals surface area contributed by atoms with Gasteiger partial charge in [0, 0.05) is 5.02 Å². The zero-order valence-corrected chi connectivity index (χ0v) is 12.4. The molecule has 1 aromatic heterocycles. The van der Waals surface area contributed by atoms with Crippen LogP contribution >= 0.6 is 11.6 Å². The third-order valence-corrected chi connectivity index (χ3v) is 4.38. The van der Waals surface area contributed by atoms with Gasteiger partial charge in [-0.3, -0.25) is 4.72 Å². The van der Waals surface area contributed by atoms with E-state index in [2.05, 4.69) is 9.71 Å².